The second kappa shape index (κ2) is 6.94. The number of hydrogen-bond donors (Lipinski definition) is 3. The molecule has 0 spiro atoms. The molecule has 1 amide bonds. The van der Waals surface area contributed by atoms with Gasteiger partial charge in [0.05, 0.1) is 12.7 Å². The minimum absolute atomic E-state index is 0.185. The maximum atomic E-state index is 14.3. The van der Waals surface area contributed by atoms with Crippen molar-refractivity contribution in [3.63, 3.8) is 0 Å². The predicted molar refractivity (Wildman–Crippen MR) is 96.3 cm³/mol. The highest BCUT2D eigenvalue weighted by Crippen LogP contribution is 2.44. The van der Waals surface area contributed by atoms with Crippen LogP contribution in [0.25, 0.3) is 10.8 Å². The van der Waals surface area contributed by atoms with E-state index in [0.29, 0.717) is 17.0 Å². The first-order chi connectivity index (χ1) is 13.0. The molecule has 1 unspecified atom stereocenters. The molecule has 1 aromatic carbocycles. The third-order valence-electron chi connectivity index (χ3n) is 5.40. The fraction of sp³-hybridized carbons (Fsp3) is 0.474. The van der Waals surface area contributed by atoms with E-state index in [1.165, 1.54) is 7.11 Å². The molecule has 1 aliphatic carbocycles. The summed E-state index contributed by atoms with van der Waals surface area (Å²) in [6.07, 6.45) is 1.08. The molecule has 0 radical (unpaired) electrons. The number of nitrogens with zero attached hydrogens (tertiary/aromatic N) is 1. The van der Waals surface area contributed by atoms with E-state index in [1.54, 1.807) is 24.4 Å². The Morgan fingerprint density at radius 2 is 2.22 bits per heavy atom. The first-order valence-corrected chi connectivity index (χ1v) is 8.97. The Morgan fingerprint density at radius 3 is 2.89 bits per heavy atom. The van der Waals surface area contributed by atoms with E-state index in [1.807, 2.05) is 0 Å². The van der Waals surface area contributed by atoms with E-state index in [4.69, 9.17) is 15.2 Å². The van der Waals surface area contributed by atoms with Gasteiger partial charge in [0.15, 0.2) is 0 Å². The van der Waals surface area contributed by atoms with Crippen molar-refractivity contribution in [1.29, 1.82) is 0 Å². The molecule has 2 heterocycles. The number of aliphatic hydroxyl groups excluding tert-OH is 1. The number of aliphatic hydroxyl groups is 1. The van der Waals surface area contributed by atoms with Crippen molar-refractivity contribution in [2.75, 3.05) is 13.7 Å². The Labute approximate surface area is 155 Å². The van der Waals surface area contributed by atoms with Gasteiger partial charge in [0.25, 0.3) is 5.91 Å². The molecule has 2 aromatic rings. The Hall–Kier alpha value is -2.45. The summed E-state index contributed by atoms with van der Waals surface area (Å²) in [5, 5.41) is 14.1. The van der Waals surface area contributed by atoms with Crippen LogP contribution in [0.2, 0.25) is 0 Å². The smallest absolute Gasteiger partial charge is 0.252 e. The van der Waals surface area contributed by atoms with E-state index in [2.05, 4.69) is 10.3 Å². The lowest BCUT2D eigenvalue weighted by atomic mass is 9.94. The van der Waals surface area contributed by atoms with Crippen LogP contribution in [0.15, 0.2) is 24.4 Å². The normalized spacial score (nSPS) is 27.7. The maximum absolute atomic E-state index is 14.3. The van der Waals surface area contributed by atoms with Gasteiger partial charge in [0.1, 0.15) is 24.8 Å². The lowest BCUT2D eigenvalue weighted by molar-refractivity contribution is 0.0673. The fourth-order valence-corrected chi connectivity index (χ4v) is 3.90. The van der Waals surface area contributed by atoms with Crippen molar-refractivity contribution in [2.45, 2.75) is 31.3 Å². The van der Waals surface area contributed by atoms with Crippen molar-refractivity contribution in [1.82, 2.24) is 10.3 Å². The highest BCUT2D eigenvalue weighted by molar-refractivity contribution is 6.01. The summed E-state index contributed by atoms with van der Waals surface area (Å²) in [6, 6.07) is 4.75. The molecular formula is C19H22FN3O4. The first-order valence-electron chi connectivity index (χ1n) is 8.97. The second-order valence-electron chi connectivity index (χ2n) is 7.14. The van der Waals surface area contributed by atoms with E-state index in [-0.39, 0.29) is 30.0 Å². The van der Waals surface area contributed by atoms with Crippen molar-refractivity contribution in [3.05, 3.63) is 30.0 Å². The zero-order valence-corrected chi connectivity index (χ0v) is 14.9. The van der Waals surface area contributed by atoms with Crippen LogP contribution >= 0.6 is 0 Å². The first kappa shape index (κ1) is 17.9. The van der Waals surface area contributed by atoms with Crippen LogP contribution in [-0.4, -0.2) is 48.2 Å². The standard InChI is InChI=1S/C19H22FN3O4/c1-26-14-7-11-10(6-12(14)17(21)24)4-5-22-19(11)27-8-13-15(9-2-3-9)16(20)18(25)23-13/h4-7,9,13,15-16,18,23,25H,2-3,8H2,1H3,(H2,21,24)/t13-,15+,16-,18?/m1/s1. The summed E-state index contributed by atoms with van der Waals surface area (Å²) < 4.78 is 25.4. The zero-order valence-electron chi connectivity index (χ0n) is 14.9. The van der Waals surface area contributed by atoms with Crippen LogP contribution in [0.5, 0.6) is 11.6 Å². The average Bonchev–Trinajstić information content (AvgIpc) is 3.45. The van der Waals surface area contributed by atoms with Crippen LogP contribution in [0.4, 0.5) is 4.39 Å². The molecule has 1 saturated heterocycles. The summed E-state index contributed by atoms with van der Waals surface area (Å²) in [4.78, 5) is 15.9. The fourth-order valence-electron chi connectivity index (χ4n) is 3.90. The minimum Gasteiger partial charge on any atom is -0.496 e. The summed E-state index contributed by atoms with van der Waals surface area (Å²) in [5.41, 5.74) is 5.68. The highest BCUT2D eigenvalue weighted by Gasteiger charge is 2.50. The van der Waals surface area contributed by atoms with Crippen molar-refractivity contribution in [3.8, 4) is 11.6 Å². The lowest BCUT2D eigenvalue weighted by Gasteiger charge is -2.20. The largest absolute Gasteiger partial charge is 0.496 e. The number of pyridine rings is 1. The maximum Gasteiger partial charge on any atom is 0.252 e. The van der Waals surface area contributed by atoms with E-state index < -0.39 is 18.3 Å². The second-order valence-corrected chi connectivity index (χ2v) is 7.14. The third kappa shape index (κ3) is 3.30. The van der Waals surface area contributed by atoms with Crippen molar-refractivity contribution >= 4 is 16.7 Å². The van der Waals surface area contributed by atoms with Crippen LogP contribution in [0, 0.1) is 11.8 Å². The predicted octanol–water partition coefficient (Wildman–Crippen LogP) is 1.38. The number of rotatable bonds is 6. The van der Waals surface area contributed by atoms with Gasteiger partial charge in [-0.3, -0.25) is 10.1 Å². The highest BCUT2D eigenvalue weighted by atomic mass is 19.1. The summed E-state index contributed by atoms with van der Waals surface area (Å²) in [5.74, 6) is 0.137. The van der Waals surface area contributed by atoms with Gasteiger partial charge in [0.2, 0.25) is 5.88 Å². The minimum atomic E-state index is -1.29. The van der Waals surface area contributed by atoms with Gasteiger partial charge >= 0.3 is 0 Å². The van der Waals surface area contributed by atoms with Gasteiger partial charge in [-0.15, -0.1) is 0 Å². The Morgan fingerprint density at radius 1 is 1.44 bits per heavy atom. The molecule has 1 saturated carbocycles. The van der Waals surface area contributed by atoms with Crippen molar-refractivity contribution in [2.24, 2.45) is 17.6 Å². The average molecular weight is 375 g/mol. The molecule has 0 bridgehead atoms. The number of benzene rings is 1. The van der Waals surface area contributed by atoms with Gasteiger partial charge in [-0.1, -0.05) is 0 Å². The Bertz CT molecular complexity index is 873. The number of amides is 1. The monoisotopic (exact) mass is 375 g/mol. The van der Waals surface area contributed by atoms with E-state index >= 15 is 0 Å². The Balaban J connectivity index is 1.59. The molecule has 7 nitrogen and oxygen atoms in total. The van der Waals surface area contributed by atoms with Gasteiger partial charge in [-0.25, -0.2) is 9.37 Å². The molecular weight excluding hydrogens is 353 g/mol. The zero-order chi connectivity index (χ0) is 19.1. The number of halogens is 1. The lowest BCUT2D eigenvalue weighted by Crippen LogP contribution is -2.37. The SMILES string of the molecule is COc1cc2c(OC[C@H]3NC(O)[C@H](F)[C@H]3C3CC3)nccc2cc1C(N)=O. The topological polar surface area (TPSA) is 107 Å². The molecule has 2 aliphatic rings. The number of hydrogen-bond acceptors (Lipinski definition) is 6. The number of ether oxygens (including phenoxy) is 2. The molecule has 4 N–H and O–H groups in total. The van der Waals surface area contributed by atoms with Gasteiger partial charge in [-0.2, -0.15) is 0 Å². The number of fused-ring (bicyclic) bond motifs is 1. The third-order valence-corrected chi connectivity index (χ3v) is 5.40. The number of methoxy groups -OCH3 is 1. The number of aromatic nitrogens is 1. The molecule has 8 heteroatoms. The number of alkyl halides is 1. The summed E-state index contributed by atoms with van der Waals surface area (Å²) in [6.45, 7) is 0.185. The molecule has 27 heavy (non-hydrogen) atoms. The number of primary amides is 1. The molecule has 4 rings (SSSR count). The molecule has 4 atom stereocenters. The number of nitrogens with one attached hydrogen (secondary N) is 1. The van der Waals surface area contributed by atoms with Gasteiger partial charge in [0, 0.05) is 23.5 Å². The van der Waals surface area contributed by atoms with E-state index in [9.17, 15) is 14.3 Å². The van der Waals surface area contributed by atoms with Gasteiger partial charge < -0.3 is 20.3 Å². The van der Waals surface area contributed by atoms with Crippen LogP contribution < -0.4 is 20.5 Å². The van der Waals surface area contributed by atoms with Gasteiger partial charge in [-0.05, 0) is 42.3 Å². The number of carbonyl (C=O) groups is 1. The van der Waals surface area contributed by atoms with Crippen molar-refractivity contribution < 1.29 is 23.8 Å². The quantitative estimate of drug-likeness (QED) is 0.704. The van der Waals surface area contributed by atoms with Crippen LogP contribution in [0.1, 0.15) is 23.2 Å². The summed E-state index contributed by atoms with van der Waals surface area (Å²) in [7, 11) is 1.45. The van der Waals surface area contributed by atoms with Crippen LogP contribution in [-0.2, 0) is 0 Å². The van der Waals surface area contributed by atoms with E-state index in [0.717, 1.165) is 18.2 Å². The Kier molecular flexibility index (Phi) is 4.61. The van der Waals surface area contributed by atoms with Crippen LogP contribution in [0.3, 0.4) is 0 Å². The summed E-state index contributed by atoms with van der Waals surface area (Å²) >= 11 is 0. The molecule has 2 fully saturated rings. The molecule has 1 aliphatic heterocycles. The molecule has 1 aromatic heterocycles. The number of nitrogens with two attached hydrogens (primary N) is 1. The number of carbonyl (C=O) groups excluding carboxylic acids is 1. The molecule has 144 valence electrons.